The summed E-state index contributed by atoms with van der Waals surface area (Å²) >= 11 is 2.88. The summed E-state index contributed by atoms with van der Waals surface area (Å²) < 4.78 is 6.62. The molecule has 0 amide bonds. The Hall–Kier alpha value is -3.73. The number of benzene rings is 1. The van der Waals surface area contributed by atoms with Gasteiger partial charge in [-0.3, -0.25) is 0 Å². The number of hydrogen-bond donors (Lipinski definition) is 3. The van der Waals surface area contributed by atoms with Gasteiger partial charge in [0.1, 0.15) is 0 Å². The molecule has 0 fully saturated rings. The molecule has 3 aromatic heterocycles. The van der Waals surface area contributed by atoms with Crippen molar-refractivity contribution in [3.8, 4) is 0 Å². The standard InChI is InChI=1S/C20H14N4.C6H6.Ni.H2O/c1-2-14-10-16-5-6-18(23-16)12-20-8-7-19(24-20)11-17-4-3-15(22-17)9-13(1)21-14;1-2-4-6-5-3-1;;/h1-12,21,24H;1-6H;;1H2/q;;+1;/p-1. The molecule has 5 heterocycles. The van der Waals surface area contributed by atoms with Crippen molar-refractivity contribution in [2.24, 2.45) is 0 Å². The average molecular weight is 464 g/mol. The van der Waals surface area contributed by atoms with Crippen molar-refractivity contribution in [1.82, 2.24) is 19.9 Å². The molecule has 0 saturated carbocycles. The molecule has 32 heavy (non-hydrogen) atoms. The van der Waals surface area contributed by atoms with E-state index >= 15 is 0 Å². The van der Waals surface area contributed by atoms with Gasteiger partial charge in [-0.2, -0.15) is 0 Å². The van der Waals surface area contributed by atoms with Gasteiger partial charge >= 0.3 is 20.0 Å². The van der Waals surface area contributed by atoms with Crippen LogP contribution in [0.5, 0.6) is 0 Å². The predicted octanol–water partition coefficient (Wildman–Crippen LogP) is 5.78. The van der Waals surface area contributed by atoms with Crippen LogP contribution in [0.2, 0.25) is 0 Å². The Kier molecular flexibility index (Phi) is 7.08. The third-order valence-corrected chi connectivity index (χ3v) is 4.71. The van der Waals surface area contributed by atoms with E-state index in [9.17, 15) is 0 Å². The minimum absolute atomic E-state index is 0.939. The second kappa shape index (κ2) is 10.5. The second-order valence-electron chi connectivity index (χ2n) is 7.06. The topological polar surface area (TPSA) is 77.6 Å². The van der Waals surface area contributed by atoms with E-state index in [2.05, 4.69) is 60.0 Å². The largest absolute Gasteiger partial charge is 0.0623 e. The average Bonchev–Trinajstić information content (AvgIpc) is 3.63. The zero-order chi connectivity index (χ0) is 22.2. The summed E-state index contributed by atoms with van der Waals surface area (Å²) in [5.41, 5.74) is 7.86. The first-order valence-corrected chi connectivity index (χ1v) is 10.4. The fraction of sp³-hybridized carbons (Fsp3) is 0. The van der Waals surface area contributed by atoms with Crippen molar-refractivity contribution in [2.45, 2.75) is 0 Å². The summed E-state index contributed by atoms with van der Waals surface area (Å²) in [5.74, 6) is 0. The molecule has 2 aliphatic rings. The van der Waals surface area contributed by atoms with Gasteiger partial charge in [-0.15, -0.1) is 0 Å². The van der Waals surface area contributed by atoms with Crippen molar-refractivity contribution in [3.05, 3.63) is 108 Å². The number of fused-ring (bicyclic) bond motifs is 8. The van der Waals surface area contributed by atoms with Crippen LogP contribution >= 0.6 is 0 Å². The summed E-state index contributed by atoms with van der Waals surface area (Å²) in [6, 6.07) is 28.4. The number of aromatic amines is 2. The molecule has 3 N–H and O–H groups in total. The van der Waals surface area contributed by atoms with Gasteiger partial charge in [0, 0.05) is 22.1 Å². The molecule has 0 unspecified atom stereocenters. The van der Waals surface area contributed by atoms with Crippen LogP contribution in [0.1, 0.15) is 22.8 Å². The maximum Gasteiger partial charge on any atom is -0.0623 e. The quantitative estimate of drug-likeness (QED) is 0.250. The van der Waals surface area contributed by atoms with Crippen molar-refractivity contribution < 1.29 is 20.0 Å². The molecule has 4 aromatic rings. The van der Waals surface area contributed by atoms with Crippen molar-refractivity contribution in [3.63, 3.8) is 0 Å². The van der Waals surface area contributed by atoms with E-state index in [1.165, 1.54) is 0 Å². The van der Waals surface area contributed by atoms with Gasteiger partial charge in [0.25, 0.3) is 0 Å². The number of rotatable bonds is 0. The Bertz CT molecular complexity index is 1200. The van der Waals surface area contributed by atoms with Crippen LogP contribution in [0.25, 0.3) is 46.4 Å². The van der Waals surface area contributed by atoms with Crippen molar-refractivity contribution >= 4 is 46.4 Å². The molecule has 6 heteroatoms. The monoisotopic (exact) mass is 463 g/mol. The maximum absolute atomic E-state index is 6.62. The van der Waals surface area contributed by atoms with Gasteiger partial charge in [0.15, 0.2) is 0 Å². The third kappa shape index (κ3) is 5.70. The predicted molar refractivity (Wildman–Crippen MR) is 128 cm³/mol. The zero-order valence-electron chi connectivity index (χ0n) is 17.1. The van der Waals surface area contributed by atoms with E-state index in [0.29, 0.717) is 0 Å². The van der Waals surface area contributed by atoms with E-state index < -0.39 is 0 Å². The molecule has 0 atom stereocenters. The van der Waals surface area contributed by atoms with E-state index in [1.54, 1.807) is 0 Å². The molecule has 6 rings (SSSR count). The van der Waals surface area contributed by atoms with Gasteiger partial charge in [-0.25, -0.2) is 9.97 Å². The molecule has 161 valence electrons. The van der Waals surface area contributed by atoms with Crippen LogP contribution < -0.4 is 0 Å². The zero-order valence-corrected chi connectivity index (χ0v) is 18.0. The van der Waals surface area contributed by atoms with E-state index in [4.69, 9.17) is 4.25 Å². The molecule has 0 radical (unpaired) electrons. The fourth-order valence-corrected chi connectivity index (χ4v) is 3.33. The molecule has 0 saturated heterocycles. The first-order chi connectivity index (χ1) is 15.8. The number of nitrogens with one attached hydrogen (secondary N) is 2. The third-order valence-electron chi connectivity index (χ3n) is 4.71. The van der Waals surface area contributed by atoms with Gasteiger partial charge in [-0.1, -0.05) is 36.4 Å². The van der Waals surface area contributed by atoms with E-state index in [-0.39, 0.29) is 0 Å². The number of H-pyrrole nitrogens is 2. The maximum atomic E-state index is 6.62. The molecule has 0 aliphatic carbocycles. The van der Waals surface area contributed by atoms with E-state index in [1.807, 2.05) is 85.0 Å². The molecule has 2 aliphatic heterocycles. The first kappa shape index (κ1) is 21.5. The Morgan fingerprint density at radius 1 is 0.469 bits per heavy atom. The van der Waals surface area contributed by atoms with Crippen LogP contribution in [0.4, 0.5) is 0 Å². The smallest absolute Gasteiger partial charge is 0.0623 e. The van der Waals surface area contributed by atoms with E-state index in [0.717, 1.165) is 44.8 Å². The SMILES string of the molecule is C1=Cc2cc3ccc(cc4nc(cc5ccc(cc1n2)[nH]5)C=C4)[nH]3.[OH][Ni].c1ccccc1. The number of aromatic nitrogens is 4. The molecule has 5 nitrogen and oxygen atoms in total. The summed E-state index contributed by atoms with van der Waals surface area (Å²) in [6.07, 6.45) is 8.09. The number of nitrogens with zero attached hydrogens (tertiary/aromatic N) is 2. The van der Waals surface area contributed by atoms with Crippen LogP contribution in [-0.2, 0) is 15.8 Å². The summed E-state index contributed by atoms with van der Waals surface area (Å²) in [4.78, 5) is 16.0. The van der Waals surface area contributed by atoms with Crippen LogP contribution in [0, 0.1) is 0 Å². The Morgan fingerprint density at radius 3 is 0.969 bits per heavy atom. The summed E-state index contributed by atoms with van der Waals surface area (Å²) in [5, 5.41) is 0. The van der Waals surface area contributed by atoms with Crippen LogP contribution in [-0.4, -0.2) is 24.2 Å². The normalized spacial score (nSPS) is 11.2. The molecule has 0 spiro atoms. The van der Waals surface area contributed by atoms with Crippen molar-refractivity contribution in [2.75, 3.05) is 0 Å². The molecular weight excluding hydrogens is 443 g/mol. The van der Waals surface area contributed by atoms with Crippen LogP contribution in [0.3, 0.4) is 0 Å². The molecule has 1 aromatic carbocycles. The summed E-state index contributed by atoms with van der Waals surface area (Å²) in [6.45, 7) is 0. The first-order valence-electron chi connectivity index (χ1n) is 9.99. The Labute approximate surface area is 193 Å². The van der Waals surface area contributed by atoms with Gasteiger partial charge in [0.2, 0.25) is 0 Å². The minimum Gasteiger partial charge on any atom is -0.0623 e. The minimum atomic E-state index is 0.939. The van der Waals surface area contributed by atoms with Gasteiger partial charge < -0.3 is 9.97 Å². The fourth-order valence-electron chi connectivity index (χ4n) is 3.33. The van der Waals surface area contributed by atoms with Crippen LogP contribution in [0.15, 0.2) is 84.9 Å². The molecule has 8 bridgehead atoms. The Balaban J connectivity index is 0.000000263. The second-order valence-corrected chi connectivity index (χ2v) is 7.06. The Morgan fingerprint density at radius 2 is 0.719 bits per heavy atom. The van der Waals surface area contributed by atoms with Gasteiger partial charge in [0.05, 0.1) is 22.8 Å². The van der Waals surface area contributed by atoms with Crippen molar-refractivity contribution in [1.29, 1.82) is 0 Å². The number of hydrogen-bond acceptors (Lipinski definition) is 3. The summed E-state index contributed by atoms with van der Waals surface area (Å²) in [7, 11) is 0. The van der Waals surface area contributed by atoms with Gasteiger partial charge in [-0.05, 0) is 72.8 Å². The molecular formula is C26H21N4NiO.